The van der Waals surface area contributed by atoms with Crippen LogP contribution in [0.15, 0.2) is 12.2 Å². The molecule has 0 radical (unpaired) electrons. The van der Waals surface area contributed by atoms with Crippen LogP contribution in [0, 0.1) is 28.6 Å². The zero-order chi connectivity index (χ0) is 20.4. The van der Waals surface area contributed by atoms with Crippen molar-refractivity contribution in [3.05, 3.63) is 12.2 Å². The van der Waals surface area contributed by atoms with E-state index in [2.05, 4.69) is 27.4 Å². The highest BCUT2D eigenvalue weighted by atomic mass is 31.1. The van der Waals surface area contributed by atoms with E-state index in [0.717, 1.165) is 23.4 Å². The van der Waals surface area contributed by atoms with Crippen molar-refractivity contribution in [3.8, 4) is 0 Å². The van der Waals surface area contributed by atoms with Gasteiger partial charge in [0.15, 0.2) is 0 Å². The lowest BCUT2D eigenvalue weighted by Gasteiger charge is -2.63. The maximum Gasteiger partial charge on any atom is -0.0175 e. The maximum absolute atomic E-state index is 4.24. The first-order valence-electron chi connectivity index (χ1n) is 12.9. The normalized spacial score (nSPS) is 44.5. The van der Waals surface area contributed by atoms with Crippen LogP contribution in [-0.2, 0) is 0 Å². The van der Waals surface area contributed by atoms with Crippen LogP contribution < -0.4 is 0 Å². The first-order chi connectivity index (χ1) is 13.5. The zero-order valence-corrected chi connectivity index (χ0v) is 20.8. The molecule has 0 aromatic heterocycles. The Balaban J connectivity index is 0.00000109. The minimum Gasteiger partial charge on any atom is -0.103 e. The monoisotopic (exact) mass is 404 g/mol. The topological polar surface area (TPSA) is 0 Å². The smallest absolute Gasteiger partial charge is 0.0175 e. The maximum atomic E-state index is 4.24. The zero-order valence-electron chi connectivity index (χ0n) is 19.9. The van der Waals surface area contributed by atoms with Crippen LogP contribution in [0.1, 0.15) is 112 Å². The largest absolute Gasteiger partial charge is 0.103 e. The Labute approximate surface area is 178 Å². The van der Waals surface area contributed by atoms with Gasteiger partial charge in [0.2, 0.25) is 0 Å². The Morgan fingerprint density at radius 2 is 1.75 bits per heavy atom. The Kier molecular flexibility index (Phi) is 7.78. The molecule has 0 aromatic rings. The van der Waals surface area contributed by atoms with Crippen molar-refractivity contribution in [1.29, 1.82) is 0 Å². The molecule has 4 aliphatic rings. The van der Waals surface area contributed by atoms with Crippen molar-refractivity contribution in [2.75, 3.05) is 12.3 Å². The SMILES string of the molecule is C=C(CC)CCCP1CCC2C1CCC1C3(C)CCCCC3CCC21C.CC. The second-order valence-corrected chi connectivity index (χ2v) is 13.6. The van der Waals surface area contributed by atoms with Crippen LogP contribution in [0.25, 0.3) is 0 Å². The summed E-state index contributed by atoms with van der Waals surface area (Å²) in [6, 6.07) is 0. The molecule has 4 rings (SSSR count). The van der Waals surface area contributed by atoms with Gasteiger partial charge in [-0.2, -0.15) is 0 Å². The molecule has 0 nitrogen and oxygen atoms in total. The first-order valence-corrected chi connectivity index (χ1v) is 14.7. The molecule has 1 saturated heterocycles. The molecule has 0 spiro atoms. The fourth-order valence-electron chi connectivity index (χ4n) is 8.27. The summed E-state index contributed by atoms with van der Waals surface area (Å²) in [6.07, 6.45) is 21.1. The quantitative estimate of drug-likeness (QED) is 0.317. The Hall–Kier alpha value is 0.170. The van der Waals surface area contributed by atoms with E-state index in [9.17, 15) is 0 Å². The van der Waals surface area contributed by atoms with E-state index in [1.54, 1.807) is 57.3 Å². The van der Waals surface area contributed by atoms with Crippen LogP contribution >= 0.6 is 7.92 Å². The molecule has 1 aliphatic heterocycles. The number of hydrogen-bond acceptors (Lipinski definition) is 0. The van der Waals surface area contributed by atoms with Crippen molar-refractivity contribution >= 4 is 7.92 Å². The summed E-state index contributed by atoms with van der Waals surface area (Å²) in [5.74, 6) is 3.19. The van der Waals surface area contributed by atoms with Gasteiger partial charge in [-0.3, -0.25) is 0 Å². The highest BCUT2D eigenvalue weighted by Gasteiger charge is 2.60. The molecule has 4 fully saturated rings. The van der Waals surface area contributed by atoms with Gasteiger partial charge in [-0.25, -0.2) is 0 Å². The fourth-order valence-corrected chi connectivity index (χ4v) is 11.8. The van der Waals surface area contributed by atoms with Crippen molar-refractivity contribution in [3.63, 3.8) is 0 Å². The summed E-state index contributed by atoms with van der Waals surface area (Å²) < 4.78 is 0. The van der Waals surface area contributed by atoms with Crippen molar-refractivity contribution in [2.45, 2.75) is 117 Å². The van der Waals surface area contributed by atoms with E-state index >= 15 is 0 Å². The number of fused-ring (bicyclic) bond motifs is 5. The molecule has 28 heavy (non-hydrogen) atoms. The summed E-state index contributed by atoms with van der Waals surface area (Å²) in [6.45, 7) is 16.0. The second-order valence-electron chi connectivity index (χ2n) is 10.8. The van der Waals surface area contributed by atoms with Gasteiger partial charge in [0.05, 0.1) is 0 Å². The fraction of sp³-hybridized carbons (Fsp3) is 0.926. The van der Waals surface area contributed by atoms with Crippen molar-refractivity contribution in [1.82, 2.24) is 0 Å². The van der Waals surface area contributed by atoms with Crippen molar-refractivity contribution in [2.24, 2.45) is 28.6 Å². The summed E-state index contributed by atoms with van der Waals surface area (Å²) in [7, 11) is 0.321. The minimum atomic E-state index is 0.321. The van der Waals surface area contributed by atoms with Gasteiger partial charge in [0.25, 0.3) is 0 Å². The highest BCUT2D eigenvalue weighted by molar-refractivity contribution is 7.58. The molecule has 0 aromatic carbocycles. The van der Waals surface area contributed by atoms with Crippen LogP contribution in [0.4, 0.5) is 0 Å². The van der Waals surface area contributed by atoms with E-state index in [4.69, 9.17) is 0 Å². The molecule has 3 saturated carbocycles. The lowest BCUT2D eigenvalue weighted by atomic mass is 9.42. The molecule has 0 amide bonds. The van der Waals surface area contributed by atoms with Gasteiger partial charge in [-0.15, -0.1) is 7.92 Å². The molecule has 3 aliphatic carbocycles. The van der Waals surface area contributed by atoms with Gasteiger partial charge in [-0.05, 0) is 111 Å². The molecule has 7 atom stereocenters. The van der Waals surface area contributed by atoms with Gasteiger partial charge >= 0.3 is 0 Å². The molecule has 0 N–H and O–H groups in total. The third-order valence-corrected chi connectivity index (χ3v) is 13.1. The average Bonchev–Trinajstić information content (AvgIpc) is 3.13. The lowest BCUT2D eigenvalue weighted by molar-refractivity contribution is -0.125. The third-order valence-electron chi connectivity index (χ3n) is 9.81. The van der Waals surface area contributed by atoms with E-state index in [1.807, 2.05) is 13.8 Å². The predicted molar refractivity (Wildman–Crippen MR) is 129 cm³/mol. The summed E-state index contributed by atoms with van der Waals surface area (Å²) in [5, 5.41) is 0. The number of allylic oxidation sites excluding steroid dienone is 1. The Morgan fingerprint density at radius 3 is 2.50 bits per heavy atom. The molecular formula is C27H49P. The van der Waals surface area contributed by atoms with Crippen LogP contribution in [0.5, 0.6) is 0 Å². The van der Waals surface area contributed by atoms with E-state index in [1.165, 1.54) is 37.7 Å². The molecule has 0 bridgehead atoms. The van der Waals surface area contributed by atoms with Gasteiger partial charge in [0, 0.05) is 0 Å². The first kappa shape index (κ1) is 22.8. The minimum absolute atomic E-state index is 0.321. The molecule has 162 valence electrons. The van der Waals surface area contributed by atoms with Crippen LogP contribution in [0.3, 0.4) is 0 Å². The van der Waals surface area contributed by atoms with Crippen LogP contribution in [-0.4, -0.2) is 18.0 Å². The average molecular weight is 405 g/mol. The lowest BCUT2D eigenvalue weighted by Crippen LogP contribution is -2.56. The molecule has 1 heteroatoms. The highest BCUT2D eigenvalue weighted by Crippen LogP contribution is 2.71. The second kappa shape index (κ2) is 9.54. The van der Waals surface area contributed by atoms with Gasteiger partial charge in [-0.1, -0.05) is 59.6 Å². The van der Waals surface area contributed by atoms with Crippen LogP contribution in [0.2, 0.25) is 0 Å². The third kappa shape index (κ3) is 4.03. The molecule has 7 unspecified atom stereocenters. The van der Waals surface area contributed by atoms with E-state index < -0.39 is 0 Å². The Morgan fingerprint density at radius 1 is 0.964 bits per heavy atom. The summed E-state index contributed by atoms with van der Waals surface area (Å²) in [5.41, 5.74) is 4.00. The van der Waals surface area contributed by atoms with E-state index in [-0.39, 0.29) is 0 Å². The van der Waals surface area contributed by atoms with Gasteiger partial charge in [0.1, 0.15) is 0 Å². The molecule has 1 heterocycles. The Bertz CT molecular complexity index is 524. The van der Waals surface area contributed by atoms with Crippen molar-refractivity contribution < 1.29 is 0 Å². The predicted octanol–water partition coefficient (Wildman–Crippen LogP) is 9.04. The summed E-state index contributed by atoms with van der Waals surface area (Å²) >= 11 is 0. The van der Waals surface area contributed by atoms with E-state index in [0.29, 0.717) is 18.8 Å². The number of hydrogen-bond donors (Lipinski definition) is 0. The standard InChI is InChI=1S/C25H43P.C2H6/c1-5-19(2)9-8-17-26-18-14-21-22(26)11-12-23-24(3)15-7-6-10-20(24)13-16-25(21,23)4;1-2/h20-23H,2,5-18H2,1,3-4H3;1-2H3. The number of rotatable bonds is 5. The summed E-state index contributed by atoms with van der Waals surface area (Å²) in [4.78, 5) is 0. The van der Waals surface area contributed by atoms with Gasteiger partial charge < -0.3 is 0 Å². The molecular weight excluding hydrogens is 355 g/mol.